The van der Waals surface area contributed by atoms with Crippen LogP contribution in [0.1, 0.15) is 36.6 Å². The highest BCUT2D eigenvalue weighted by Gasteiger charge is 2.07. The van der Waals surface area contributed by atoms with Gasteiger partial charge in [0.25, 0.3) is 0 Å². The highest BCUT2D eigenvalue weighted by Crippen LogP contribution is 2.23. The van der Waals surface area contributed by atoms with Gasteiger partial charge in [0.2, 0.25) is 0 Å². The summed E-state index contributed by atoms with van der Waals surface area (Å²) in [5.41, 5.74) is 4.31. The molecule has 2 aromatic carbocycles. The predicted octanol–water partition coefficient (Wildman–Crippen LogP) is 4.29. The molecule has 0 radical (unpaired) electrons. The Labute approximate surface area is 114 Å². The van der Waals surface area contributed by atoms with E-state index in [9.17, 15) is 0 Å². The monoisotopic (exact) mass is 250 g/mol. The van der Waals surface area contributed by atoms with Crippen molar-refractivity contribution in [3.05, 3.63) is 65.2 Å². The number of anilines is 1. The Morgan fingerprint density at radius 3 is 2.68 bits per heavy atom. The second-order valence-corrected chi connectivity index (χ2v) is 4.61. The van der Waals surface area contributed by atoms with Crippen molar-refractivity contribution >= 4 is 5.69 Å². The molecule has 2 rings (SSSR count). The molecule has 1 N–H and O–H groups in total. The van der Waals surface area contributed by atoms with Gasteiger partial charge < -0.3 is 5.32 Å². The second kappa shape index (κ2) is 6.06. The number of benzene rings is 2. The van der Waals surface area contributed by atoms with Crippen LogP contribution in [0.5, 0.6) is 0 Å². The van der Waals surface area contributed by atoms with Gasteiger partial charge in [0, 0.05) is 11.7 Å². The fourth-order valence-corrected chi connectivity index (χ4v) is 2.16. The first-order valence-corrected chi connectivity index (χ1v) is 6.59. The topological polar surface area (TPSA) is 35.8 Å². The Morgan fingerprint density at radius 2 is 1.95 bits per heavy atom. The number of nitrogens with one attached hydrogen (secondary N) is 1. The van der Waals surface area contributed by atoms with E-state index < -0.39 is 0 Å². The van der Waals surface area contributed by atoms with Gasteiger partial charge >= 0.3 is 0 Å². The molecular formula is C17H18N2. The summed E-state index contributed by atoms with van der Waals surface area (Å²) in [5, 5.41) is 12.5. The summed E-state index contributed by atoms with van der Waals surface area (Å²) < 4.78 is 0. The van der Waals surface area contributed by atoms with Crippen LogP contribution < -0.4 is 5.32 Å². The molecule has 0 aliphatic rings. The lowest BCUT2D eigenvalue weighted by Gasteiger charge is -2.18. The molecule has 19 heavy (non-hydrogen) atoms. The van der Waals surface area contributed by atoms with Crippen molar-refractivity contribution in [3.8, 4) is 6.07 Å². The molecule has 1 atom stereocenters. The first-order valence-electron chi connectivity index (χ1n) is 6.59. The van der Waals surface area contributed by atoms with Crippen molar-refractivity contribution in [1.82, 2.24) is 0 Å². The summed E-state index contributed by atoms with van der Waals surface area (Å²) in [6.07, 6.45) is 1.01. The molecule has 2 aromatic rings. The lowest BCUT2D eigenvalue weighted by atomic mass is 10.0. The van der Waals surface area contributed by atoms with Crippen molar-refractivity contribution in [2.45, 2.75) is 26.3 Å². The molecule has 1 unspecified atom stereocenters. The molecule has 0 fully saturated rings. The Morgan fingerprint density at radius 1 is 1.16 bits per heavy atom. The lowest BCUT2D eigenvalue weighted by Crippen LogP contribution is -2.08. The van der Waals surface area contributed by atoms with Crippen molar-refractivity contribution in [1.29, 1.82) is 5.26 Å². The summed E-state index contributed by atoms with van der Waals surface area (Å²) in [6, 6.07) is 18.4. The molecule has 0 spiro atoms. The zero-order valence-corrected chi connectivity index (χ0v) is 11.4. The van der Waals surface area contributed by atoms with Crippen molar-refractivity contribution in [2.24, 2.45) is 0 Å². The van der Waals surface area contributed by atoms with E-state index in [4.69, 9.17) is 5.26 Å². The Kier molecular flexibility index (Phi) is 4.20. The van der Waals surface area contributed by atoms with Crippen LogP contribution in [0.3, 0.4) is 0 Å². The van der Waals surface area contributed by atoms with Gasteiger partial charge in [-0.1, -0.05) is 37.3 Å². The van der Waals surface area contributed by atoms with E-state index in [-0.39, 0.29) is 6.04 Å². The molecule has 0 aliphatic carbocycles. The van der Waals surface area contributed by atoms with Crippen LogP contribution in [-0.4, -0.2) is 0 Å². The summed E-state index contributed by atoms with van der Waals surface area (Å²) in [4.78, 5) is 0. The van der Waals surface area contributed by atoms with Gasteiger partial charge in [-0.05, 0) is 42.7 Å². The average molecular weight is 250 g/mol. The Balaban J connectivity index is 2.21. The van der Waals surface area contributed by atoms with E-state index in [1.54, 1.807) is 0 Å². The van der Waals surface area contributed by atoms with Crippen LogP contribution in [0.15, 0.2) is 48.5 Å². The van der Waals surface area contributed by atoms with Crippen LogP contribution in [-0.2, 0) is 6.42 Å². The third-order valence-corrected chi connectivity index (χ3v) is 3.29. The van der Waals surface area contributed by atoms with Crippen molar-refractivity contribution in [2.75, 3.05) is 5.32 Å². The van der Waals surface area contributed by atoms with E-state index >= 15 is 0 Å². The van der Waals surface area contributed by atoms with Gasteiger partial charge in [-0.3, -0.25) is 0 Å². The fourth-order valence-electron chi connectivity index (χ4n) is 2.16. The molecule has 2 nitrogen and oxygen atoms in total. The highest BCUT2D eigenvalue weighted by atomic mass is 14.9. The van der Waals surface area contributed by atoms with Crippen molar-refractivity contribution < 1.29 is 0 Å². The quantitative estimate of drug-likeness (QED) is 0.878. The van der Waals surface area contributed by atoms with Crippen molar-refractivity contribution in [3.63, 3.8) is 0 Å². The number of rotatable bonds is 4. The average Bonchev–Trinajstić information content (AvgIpc) is 2.47. The third kappa shape index (κ3) is 3.14. The molecule has 0 saturated heterocycles. The molecule has 0 saturated carbocycles. The zero-order valence-electron chi connectivity index (χ0n) is 11.4. The third-order valence-electron chi connectivity index (χ3n) is 3.29. The smallest absolute Gasteiger partial charge is 0.0991 e. The Hall–Kier alpha value is -2.27. The largest absolute Gasteiger partial charge is 0.378 e. The van der Waals surface area contributed by atoms with Gasteiger partial charge in [0.1, 0.15) is 0 Å². The Bertz CT molecular complexity index is 596. The van der Waals surface area contributed by atoms with E-state index in [0.717, 1.165) is 12.0 Å². The normalized spacial score (nSPS) is 11.6. The minimum atomic E-state index is 0.181. The van der Waals surface area contributed by atoms with E-state index in [0.29, 0.717) is 5.56 Å². The summed E-state index contributed by atoms with van der Waals surface area (Å²) in [5.74, 6) is 0. The van der Waals surface area contributed by atoms with Gasteiger partial charge in [-0.15, -0.1) is 0 Å². The van der Waals surface area contributed by atoms with Crippen LogP contribution in [0.2, 0.25) is 0 Å². The maximum atomic E-state index is 8.95. The molecule has 96 valence electrons. The van der Waals surface area contributed by atoms with Gasteiger partial charge in [-0.25, -0.2) is 0 Å². The van der Waals surface area contributed by atoms with E-state index in [1.807, 2.05) is 30.3 Å². The first kappa shape index (κ1) is 13.2. The summed E-state index contributed by atoms with van der Waals surface area (Å²) >= 11 is 0. The minimum Gasteiger partial charge on any atom is -0.378 e. The second-order valence-electron chi connectivity index (χ2n) is 4.61. The molecule has 0 aromatic heterocycles. The highest BCUT2D eigenvalue weighted by molar-refractivity contribution is 5.52. The zero-order chi connectivity index (χ0) is 13.7. The van der Waals surface area contributed by atoms with Gasteiger partial charge in [0.15, 0.2) is 0 Å². The van der Waals surface area contributed by atoms with E-state index in [1.165, 1.54) is 11.3 Å². The predicted molar refractivity (Wildman–Crippen MR) is 79.0 cm³/mol. The standard InChI is InChI=1S/C17H18N2/c1-3-15-8-4-5-10-17(15)19-13(2)16-9-6-7-14(11-16)12-18/h4-11,13,19H,3H2,1-2H3. The van der Waals surface area contributed by atoms with Crippen LogP contribution in [0, 0.1) is 11.3 Å². The molecule has 2 heteroatoms. The number of hydrogen-bond donors (Lipinski definition) is 1. The SMILES string of the molecule is CCc1ccccc1NC(C)c1cccc(C#N)c1. The van der Waals surface area contributed by atoms with Crippen LogP contribution >= 0.6 is 0 Å². The lowest BCUT2D eigenvalue weighted by molar-refractivity contribution is 0.879. The maximum Gasteiger partial charge on any atom is 0.0991 e. The number of aryl methyl sites for hydroxylation is 1. The van der Waals surface area contributed by atoms with E-state index in [2.05, 4.69) is 43.4 Å². The molecular weight excluding hydrogens is 232 g/mol. The molecule has 0 amide bonds. The molecule has 0 aliphatic heterocycles. The molecule has 0 bridgehead atoms. The molecule has 0 heterocycles. The first-order chi connectivity index (χ1) is 9.24. The number of hydrogen-bond acceptors (Lipinski definition) is 2. The number of para-hydroxylation sites is 1. The number of nitrogens with zero attached hydrogens (tertiary/aromatic N) is 1. The maximum absolute atomic E-state index is 8.95. The summed E-state index contributed by atoms with van der Waals surface area (Å²) in [6.45, 7) is 4.27. The minimum absolute atomic E-state index is 0.181. The van der Waals surface area contributed by atoms with Crippen LogP contribution in [0.4, 0.5) is 5.69 Å². The van der Waals surface area contributed by atoms with Gasteiger partial charge in [-0.2, -0.15) is 5.26 Å². The number of nitriles is 1. The fraction of sp³-hybridized carbons (Fsp3) is 0.235. The summed E-state index contributed by atoms with van der Waals surface area (Å²) in [7, 11) is 0. The van der Waals surface area contributed by atoms with Crippen LogP contribution in [0.25, 0.3) is 0 Å². The van der Waals surface area contributed by atoms with Gasteiger partial charge in [0.05, 0.1) is 11.6 Å².